The van der Waals surface area contributed by atoms with Gasteiger partial charge in [-0.2, -0.15) is 105 Å². The first kappa shape index (κ1) is 50.6. The third kappa shape index (κ3) is 8.99. The first-order valence-electron chi connectivity index (χ1n) is 15.3. The third-order valence-corrected chi connectivity index (χ3v) is 10.2. The largest absolute Gasteiger partial charge is 0.473 e. The number of hydrogen-bond acceptors (Lipinski definition) is 5. The van der Waals surface area contributed by atoms with Crippen LogP contribution in [0.5, 0.6) is 0 Å². The van der Waals surface area contributed by atoms with Gasteiger partial charge in [0.15, 0.2) is 0 Å². The summed E-state index contributed by atoms with van der Waals surface area (Å²) >= 11 is 0. The van der Waals surface area contributed by atoms with E-state index in [1.807, 2.05) is 0 Å². The summed E-state index contributed by atoms with van der Waals surface area (Å²) in [6.45, 7) is 0. The van der Waals surface area contributed by atoms with E-state index in [-0.39, 0.29) is 24.7 Å². The van der Waals surface area contributed by atoms with Gasteiger partial charge in [-0.1, -0.05) is 0 Å². The Morgan fingerprint density at radius 3 is 0.596 bits per heavy atom. The first-order valence-corrected chi connectivity index (χ1v) is 15.3. The average molecular weight is 898 g/mol. The Kier molecular flexibility index (Phi) is 13.5. The van der Waals surface area contributed by atoms with Gasteiger partial charge in [-0.3, -0.25) is 0 Å². The number of ether oxygens (including phenoxy) is 1. The fraction of sp³-hybridized carbons (Fsp3) is 0.857. The Hall–Kier alpha value is -2.56. The molecule has 0 aliphatic heterocycles. The van der Waals surface area contributed by atoms with E-state index in [4.69, 9.17) is 0 Å². The van der Waals surface area contributed by atoms with Crippen LogP contribution >= 0.6 is 0 Å². The molecule has 0 aromatic heterocycles. The van der Waals surface area contributed by atoms with Crippen LogP contribution in [0.4, 0.5) is 105 Å². The van der Waals surface area contributed by atoms with Crippen molar-refractivity contribution in [3.8, 4) is 0 Å². The number of allylic oxidation sites excluding steroid dienone is 2. The van der Waals surface area contributed by atoms with E-state index in [0.717, 1.165) is 0 Å². The predicted octanol–water partition coefficient (Wildman–Crippen LogP) is 9.52. The van der Waals surface area contributed by atoms with E-state index in [1.165, 1.54) is 0 Å². The lowest BCUT2D eigenvalue weighted by Crippen LogP contribution is -2.66. The van der Waals surface area contributed by atoms with Gasteiger partial charge in [0.25, 0.3) is 22.4 Å². The molecule has 0 aromatic rings. The third-order valence-electron chi connectivity index (χ3n) is 10.2. The van der Waals surface area contributed by atoms with E-state index in [0.29, 0.717) is 0 Å². The molecule has 2 fully saturated rings. The van der Waals surface area contributed by atoms with Gasteiger partial charge in [0, 0.05) is 23.7 Å². The van der Waals surface area contributed by atoms with Gasteiger partial charge in [0.1, 0.15) is 0 Å². The summed E-state index contributed by atoms with van der Waals surface area (Å²) in [7, 11) is 0. The summed E-state index contributed by atoms with van der Waals surface area (Å²) in [5.74, 6) is -19.3. The molecule has 2 aliphatic rings. The van der Waals surface area contributed by atoms with Crippen molar-refractivity contribution in [1.29, 1.82) is 0 Å². The van der Waals surface area contributed by atoms with E-state index in [9.17, 15) is 126 Å². The lowest BCUT2D eigenvalue weighted by Gasteiger charge is -2.48. The van der Waals surface area contributed by atoms with Gasteiger partial charge in [-0.15, -0.1) is 0 Å². The quantitative estimate of drug-likeness (QED) is 0.144. The molecule has 2 aliphatic carbocycles. The van der Waals surface area contributed by atoms with Crippen LogP contribution in [0.2, 0.25) is 0 Å². The highest BCUT2D eigenvalue weighted by Crippen LogP contribution is 2.60. The van der Waals surface area contributed by atoms with Gasteiger partial charge in [0.2, 0.25) is 0 Å². The number of halogens is 24. The minimum absolute atomic E-state index is 0.0254. The lowest BCUT2D eigenvalue weighted by atomic mass is 9.63. The summed E-state index contributed by atoms with van der Waals surface area (Å²) in [4.78, 5) is 0. The number of aliphatic hydroxyl groups is 4. The zero-order valence-electron chi connectivity index (χ0n) is 27.3. The van der Waals surface area contributed by atoms with Gasteiger partial charge in [0.05, 0.1) is 12.5 Å². The van der Waals surface area contributed by atoms with Crippen LogP contribution in [-0.2, 0) is 4.74 Å². The van der Waals surface area contributed by atoms with E-state index in [2.05, 4.69) is 4.74 Å². The summed E-state index contributed by atoms with van der Waals surface area (Å²) in [5.41, 5.74) is -24.1. The zero-order valence-corrected chi connectivity index (χ0v) is 27.3. The molecule has 0 saturated heterocycles. The first-order chi connectivity index (χ1) is 24.9. The summed E-state index contributed by atoms with van der Waals surface area (Å²) in [5, 5.41) is 39.0. The van der Waals surface area contributed by atoms with Crippen molar-refractivity contribution in [1.82, 2.24) is 0 Å². The molecular formula is C28H26F24O5. The summed E-state index contributed by atoms with van der Waals surface area (Å²) in [6, 6.07) is 0. The SMILES string of the molecule is OC(C1CC(C=COC=CC2CC(C(O)(C(F)(F)F)C(F)(F)F)CC(C(O)(C(F)(F)F)C(F)(F)F)C2)CC(C(O)(C(F)(F)F)C(F)(F)F)C1)(C(F)(F)F)C(F)(F)F. The van der Waals surface area contributed by atoms with Crippen molar-refractivity contribution in [2.24, 2.45) is 35.5 Å². The molecule has 0 radical (unpaired) electrons. The molecule has 5 nitrogen and oxygen atoms in total. The molecule has 57 heavy (non-hydrogen) atoms. The molecule has 336 valence electrons. The normalized spacial score (nSPS) is 26.7. The molecule has 4 atom stereocenters. The van der Waals surface area contributed by atoms with Crippen molar-refractivity contribution >= 4 is 0 Å². The van der Waals surface area contributed by atoms with Gasteiger partial charge in [-0.25, -0.2) is 0 Å². The van der Waals surface area contributed by atoms with Crippen molar-refractivity contribution < 1.29 is 131 Å². The molecule has 2 saturated carbocycles. The van der Waals surface area contributed by atoms with Gasteiger partial charge in [-0.05, 0) is 62.5 Å². The Bertz CT molecular complexity index is 1170. The molecule has 2 rings (SSSR count). The molecule has 0 spiro atoms. The second kappa shape index (κ2) is 15.2. The maximum absolute atomic E-state index is 13.6. The standard InChI is InChI=1S/C28H26F24O5/c29-21(30,31)17(53,22(32,33)34)13-5-11(6-14(9-13)18(54,23(35,36)37)24(38,39)40)1-3-57-4-2-12-7-15(19(55,25(41,42)43)26(44,45)46)10-16(8-12)20(56,27(47,48)49)28(50,51)52/h1-4,11-16,53-56H,5-10H2. The van der Waals surface area contributed by atoms with Gasteiger partial charge < -0.3 is 25.2 Å². The van der Waals surface area contributed by atoms with Crippen LogP contribution in [0.25, 0.3) is 0 Å². The highest BCUT2D eigenvalue weighted by molar-refractivity contribution is 5.12. The monoisotopic (exact) mass is 898 g/mol. The maximum atomic E-state index is 13.6. The molecule has 0 aromatic carbocycles. The Morgan fingerprint density at radius 1 is 0.298 bits per heavy atom. The molecule has 4 N–H and O–H groups in total. The van der Waals surface area contributed by atoms with Crippen LogP contribution in [0, 0.1) is 35.5 Å². The Balaban J connectivity index is 2.62. The van der Waals surface area contributed by atoms with Crippen molar-refractivity contribution in [2.75, 3.05) is 0 Å². The Labute approximate surface area is 301 Å². The molecule has 4 unspecified atom stereocenters. The highest BCUT2D eigenvalue weighted by Gasteiger charge is 2.80. The number of rotatable bonds is 8. The second-order valence-corrected chi connectivity index (χ2v) is 13.6. The van der Waals surface area contributed by atoms with Crippen LogP contribution in [-0.4, -0.2) is 92.2 Å². The predicted molar refractivity (Wildman–Crippen MR) is 136 cm³/mol. The van der Waals surface area contributed by atoms with E-state index >= 15 is 0 Å². The molecule has 0 amide bonds. The second-order valence-electron chi connectivity index (χ2n) is 13.6. The maximum Gasteiger partial charge on any atom is 0.426 e. The van der Waals surface area contributed by atoms with E-state index in [1.54, 1.807) is 0 Å². The molecular weight excluding hydrogens is 872 g/mol. The molecule has 29 heteroatoms. The summed E-state index contributed by atoms with van der Waals surface area (Å²) in [6.07, 6.45) is -66.6. The van der Waals surface area contributed by atoms with Crippen molar-refractivity contribution in [3.63, 3.8) is 0 Å². The molecule has 0 heterocycles. The van der Waals surface area contributed by atoms with Crippen molar-refractivity contribution in [2.45, 2.75) is 110 Å². The van der Waals surface area contributed by atoms with Crippen LogP contribution in [0.1, 0.15) is 38.5 Å². The number of hydrogen-bond donors (Lipinski definition) is 4. The molecule has 0 bridgehead atoms. The minimum atomic E-state index is -6.84. The lowest BCUT2D eigenvalue weighted by molar-refractivity contribution is -0.405. The van der Waals surface area contributed by atoms with Crippen LogP contribution < -0.4 is 0 Å². The zero-order chi connectivity index (χ0) is 45.2. The topological polar surface area (TPSA) is 90.2 Å². The van der Waals surface area contributed by atoms with Crippen LogP contribution in [0.15, 0.2) is 24.7 Å². The average Bonchev–Trinajstić information content (AvgIpc) is 2.98. The van der Waals surface area contributed by atoms with Crippen molar-refractivity contribution in [3.05, 3.63) is 24.7 Å². The fourth-order valence-corrected chi connectivity index (χ4v) is 7.26. The Morgan fingerprint density at radius 2 is 0.456 bits per heavy atom. The van der Waals surface area contributed by atoms with E-state index < -0.39 is 146 Å². The number of alkyl halides is 24. The fourth-order valence-electron chi connectivity index (χ4n) is 7.26. The van der Waals surface area contributed by atoms with Gasteiger partial charge >= 0.3 is 49.4 Å². The highest BCUT2D eigenvalue weighted by atomic mass is 19.4. The van der Waals surface area contributed by atoms with Crippen LogP contribution in [0.3, 0.4) is 0 Å². The smallest absolute Gasteiger partial charge is 0.426 e. The summed E-state index contributed by atoms with van der Waals surface area (Å²) < 4.78 is 331. The minimum Gasteiger partial charge on any atom is -0.473 e.